The number of aliphatic hydroxyl groups is 1. The Morgan fingerprint density at radius 2 is 1.95 bits per heavy atom. The third kappa shape index (κ3) is 4.64. The van der Waals surface area contributed by atoms with E-state index in [-0.39, 0.29) is 10.8 Å². The van der Waals surface area contributed by atoms with E-state index in [4.69, 9.17) is 0 Å². The third-order valence-corrected chi connectivity index (χ3v) is 9.40. The molecule has 9 heteroatoms. The summed E-state index contributed by atoms with van der Waals surface area (Å²) in [4.78, 5) is 4.49. The molecule has 0 radical (unpaired) electrons. The predicted molar refractivity (Wildman–Crippen MR) is 143 cm³/mol. The Morgan fingerprint density at radius 1 is 1.11 bits per heavy atom. The number of aromatic nitrogens is 2. The number of hydrogen-bond acceptors (Lipinski definition) is 6. The van der Waals surface area contributed by atoms with Crippen molar-refractivity contribution in [3.05, 3.63) is 95.9 Å². The summed E-state index contributed by atoms with van der Waals surface area (Å²) in [6.45, 7) is 2.83. The lowest BCUT2D eigenvalue weighted by Crippen LogP contribution is -2.36. The SMILES string of the molecule is O=S(=O)(c1ccc(CNC(O)c2ccc3nccn3c2)cc1)N1CC(C2CCCNC2)c2ccccc21. The van der Waals surface area contributed by atoms with Crippen molar-refractivity contribution < 1.29 is 13.5 Å². The fraction of sp³-hybridized carbons (Fsp3) is 0.321. The van der Waals surface area contributed by atoms with Crippen LogP contribution in [0.2, 0.25) is 0 Å². The summed E-state index contributed by atoms with van der Waals surface area (Å²) in [5, 5.41) is 17.2. The highest BCUT2D eigenvalue weighted by molar-refractivity contribution is 7.92. The zero-order chi connectivity index (χ0) is 25.4. The molecule has 0 spiro atoms. The van der Waals surface area contributed by atoms with Gasteiger partial charge in [-0.2, -0.15) is 0 Å². The van der Waals surface area contributed by atoms with E-state index >= 15 is 0 Å². The molecule has 192 valence electrons. The van der Waals surface area contributed by atoms with Crippen LogP contribution < -0.4 is 14.9 Å². The van der Waals surface area contributed by atoms with Gasteiger partial charge in [0.1, 0.15) is 11.9 Å². The number of sulfonamides is 1. The molecule has 37 heavy (non-hydrogen) atoms. The molecule has 3 unspecified atom stereocenters. The fourth-order valence-electron chi connectivity index (χ4n) is 5.59. The molecule has 1 fully saturated rings. The van der Waals surface area contributed by atoms with E-state index in [1.807, 2.05) is 47.1 Å². The van der Waals surface area contributed by atoms with E-state index in [2.05, 4.69) is 21.7 Å². The molecule has 3 N–H and O–H groups in total. The highest BCUT2D eigenvalue weighted by Crippen LogP contribution is 2.44. The van der Waals surface area contributed by atoms with E-state index < -0.39 is 16.3 Å². The number of aliphatic hydroxyl groups excluding tert-OH is 1. The van der Waals surface area contributed by atoms with E-state index in [9.17, 15) is 13.5 Å². The van der Waals surface area contributed by atoms with Gasteiger partial charge < -0.3 is 14.8 Å². The maximum Gasteiger partial charge on any atom is 0.264 e. The first-order valence-electron chi connectivity index (χ1n) is 12.8. The second kappa shape index (κ2) is 9.90. The Kier molecular flexibility index (Phi) is 6.46. The fourth-order valence-corrected chi connectivity index (χ4v) is 7.11. The zero-order valence-electron chi connectivity index (χ0n) is 20.5. The van der Waals surface area contributed by atoms with Crippen LogP contribution in [0.25, 0.3) is 5.65 Å². The van der Waals surface area contributed by atoms with Gasteiger partial charge in [-0.25, -0.2) is 13.4 Å². The average molecular weight is 518 g/mol. The van der Waals surface area contributed by atoms with Crippen LogP contribution in [-0.4, -0.2) is 42.5 Å². The number of pyridine rings is 1. The zero-order valence-corrected chi connectivity index (χ0v) is 21.3. The van der Waals surface area contributed by atoms with Gasteiger partial charge in [-0.3, -0.25) is 9.62 Å². The smallest absolute Gasteiger partial charge is 0.264 e. The standard InChI is InChI=1S/C28H31N5O3S/c34-28(22-9-12-27-30-14-15-32(27)18-22)31-16-20-7-10-23(11-8-20)37(35,36)33-19-25(21-4-3-13-29-17-21)24-5-1-2-6-26(24)33/h1-2,5-12,14-15,18,21,25,28-29,31,34H,3-4,13,16-17,19H2. The molecule has 2 aromatic heterocycles. The molecule has 0 amide bonds. The second-order valence-corrected chi connectivity index (χ2v) is 11.8. The molecule has 4 heterocycles. The molecule has 2 aliphatic rings. The number of para-hydroxylation sites is 1. The molecule has 4 aromatic rings. The molecular formula is C28H31N5O3S. The molecule has 2 aromatic carbocycles. The van der Waals surface area contributed by atoms with E-state index in [0.717, 1.165) is 54.0 Å². The summed E-state index contributed by atoms with van der Waals surface area (Å²) in [6.07, 6.45) is 6.75. The second-order valence-electron chi connectivity index (χ2n) is 9.89. The first-order chi connectivity index (χ1) is 18.0. The third-order valence-electron chi connectivity index (χ3n) is 7.61. The molecule has 0 bridgehead atoms. The maximum atomic E-state index is 13.7. The predicted octanol–water partition coefficient (Wildman–Crippen LogP) is 3.41. The van der Waals surface area contributed by atoms with Crippen LogP contribution in [0.5, 0.6) is 0 Å². The lowest BCUT2D eigenvalue weighted by Gasteiger charge is -2.29. The first-order valence-corrected chi connectivity index (χ1v) is 14.2. The lowest BCUT2D eigenvalue weighted by molar-refractivity contribution is 0.136. The quantitative estimate of drug-likeness (QED) is 0.325. The van der Waals surface area contributed by atoms with Gasteiger partial charge in [-0.1, -0.05) is 30.3 Å². The summed E-state index contributed by atoms with van der Waals surface area (Å²) < 4.78 is 30.9. The van der Waals surface area contributed by atoms with Crippen LogP contribution >= 0.6 is 0 Å². The van der Waals surface area contributed by atoms with Gasteiger partial charge in [-0.15, -0.1) is 0 Å². The van der Waals surface area contributed by atoms with Gasteiger partial charge in [-0.05, 0) is 73.3 Å². The van der Waals surface area contributed by atoms with Crippen LogP contribution in [0, 0.1) is 5.92 Å². The largest absolute Gasteiger partial charge is 0.374 e. The number of imidazole rings is 1. The van der Waals surface area contributed by atoms with Gasteiger partial charge in [0.05, 0.1) is 10.6 Å². The number of anilines is 1. The minimum atomic E-state index is -3.70. The minimum absolute atomic E-state index is 0.199. The van der Waals surface area contributed by atoms with Gasteiger partial charge in [0.2, 0.25) is 0 Å². The van der Waals surface area contributed by atoms with E-state index in [1.165, 1.54) is 0 Å². The number of nitrogens with zero attached hydrogens (tertiary/aromatic N) is 3. The van der Waals surface area contributed by atoms with Crippen LogP contribution in [0.1, 0.15) is 41.7 Å². The Morgan fingerprint density at radius 3 is 2.76 bits per heavy atom. The highest BCUT2D eigenvalue weighted by Gasteiger charge is 2.40. The van der Waals surface area contributed by atoms with Crippen molar-refractivity contribution in [1.29, 1.82) is 0 Å². The first kappa shape index (κ1) is 24.1. The summed E-state index contributed by atoms with van der Waals surface area (Å²) >= 11 is 0. The summed E-state index contributed by atoms with van der Waals surface area (Å²) in [5.41, 5.74) is 4.34. The summed E-state index contributed by atoms with van der Waals surface area (Å²) in [6, 6.07) is 18.5. The van der Waals surface area contributed by atoms with Crippen LogP contribution in [0.4, 0.5) is 5.69 Å². The molecule has 3 atom stereocenters. The van der Waals surface area contributed by atoms with Crippen molar-refractivity contribution in [2.75, 3.05) is 23.9 Å². The van der Waals surface area contributed by atoms with Gasteiger partial charge >= 0.3 is 0 Å². The highest BCUT2D eigenvalue weighted by atomic mass is 32.2. The number of benzene rings is 2. The molecule has 1 saturated heterocycles. The number of piperidine rings is 1. The Labute approximate surface area is 217 Å². The van der Waals surface area contributed by atoms with E-state index in [0.29, 0.717) is 19.0 Å². The lowest BCUT2D eigenvalue weighted by atomic mass is 9.83. The van der Waals surface area contributed by atoms with Crippen molar-refractivity contribution in [1.82, 2.24) is 20.0 Å². The van der Waals surface area contributed by atoms with Crippen LogP contribution in [0.3, 0.4) is 0 Å². The summed E-state index contributed by atoms with van der Waals surface area (Å²) in [5.74, 6) is 0.634. The van der Waals surface area contributed by atoms with Crippen LogP contribution in [0.15, 0.2) is 84.1 Å². The van der Waals surface area contributed by atoms with Crippen LogP contribution in [-0.2, 0) is 16.6 Å². The van der Waals surface area contributed by atoms with Gasteiger partial charge in [0.15, 0.2) is 0 Å². The van der Waals surface area contributed by atoms with Crippen molar-refractivity contribution >= 4 is 21.4 Å². The Bertz CT molecular complexity index is 1500. The maximum absolute atomic E-state index is 13.7. The molecule has 2 aliphatic heterocycles. The molecule has 6 rings (SSSR count). The number of nitrogens with one attached hydrogen (secondary N) is 2. The van der Waals surface area contributed by atoms with Crippen molar-refractivity contribution in [3.8, 4) is 0 Å². The number of hydrogen-bond donors (Lipinski definition) is 3. The van der Waals surface area contributed by atoms with E-state index in [1.54, 1.807) is 34.8 Å². The van der Waals surface area contributed by atoms with Gasteiger partial charge in [0.25, 0.3) is 10.0 Å². The minimum Gasteiger partial charge on any atom is -0.374 e. The molecule has 8 nitrogen and oxygen atoms in total. The summed E-state index contributed by atoms with van der Waals surface area (Å²) in [7, 11) is -3.70. The van der Waals surface area contributed by atoms with Crippen molar-refractivity contribution in [3.63, 3.8) is 0 Å². The molecule has 0 aliphatic carbocycles. The average Bonchev–Trinajstić information content (AvgIpc) is 3.57. The normalized spacial score (nSPS) is 20.7. The number of fused-ring (bicyclic) bond motifs is 2. The Balaban J connectivity index is 1.16. The molecular weight excluding hydrogens is 486 g/mol. The van der Waals surface area contributed by atoms with Crippen molar-refractivity contribution in [2.24, 2.45) is 5.92 Å². The van der Waals surface area contributed by atoms with Gasteiger partial charge in [0, 0.05) is 43.2 Å². The topological polar surface area (TPSA) is 99.0 Å². The Hall–Kier alpha value is -3.24. The number of rotatable bonds is 7. The van der Waals surface area contributed by atoms with Crippen molar-refractivity contribution in [2.45, 2.75) is 36.4 Å². The molecule has 0 saturated carbocycles. The monoisotopic (exact) mass is 517 g/mol.